The van der Waals surface area contributed by atoms with Crippen LogP contribution in [0.15, 0.2) is 36.5 Å². The minimum Gasteiger partial charge on any atom is -0.365 e. The molecule has 0 aliphatic heterocycles. The molecule has 0 spiro atoms. The van der Waals surface area contributed by atoms with E-state index in [4.69, 9.17) is 23.2 Å². The van der Waals surface area contributed by atoms with E-state index in [1.165, 1.54) is 0 Å². The molecule has 0 saturated heterocycles. The molecule has 1 nitrogen and oxygen atoms in total. The van der Waals surface area contributed by atoms with Gasteiger partial charge in [0.15, 0.2) is 0 Å². The lowest BCUT2D eigenvalue weighted by molar-refractivity contribution is 1.11. The van der Waals surface area contributed by atoms with Crippen LogP contribution in [-0.2, 0) is 6.42 Å². The van der Waals surface area contributed by atoms with E-state index in [2.05, 4.69) is 4.98 Å². The summed E-state index contributed by atoms with van der Waals surface area (Å²) >= 11 is 11.9. The summed E-state index contributed by atoms with van der Waals surface area (Å²) in [6.45, 7) is 0. The molecule has 3 heteroatoms. The Kier molecular flexibility index (Phi) is 2.80. The van der Waals surface area contributed by atoms with Crippen LogP contribution in [-0.4, -0.2) is 4.98 Å². The normalized spacial score (nSPS) is 10.4. The highest BCUT2D eigenvalue weighted by molar-refractivity contribution is 6.35. The van der Waals surface area contributed by atoms with Crippen LogP contribution in [0.4, 0.5) is 0 Å². The van der Waals surface area contributed by atoms with Crippen LogP contribution in [0.3, 0.4) is 0 Å². The monoisotopic (exact) mass is 225 g/mol. The lowest BCUT2D eigenvalue weighted by atomic mass is 10.1. The van der Waals surface area contributed by atoms with Crippen LogP contribution in [0.1, 0.15) is 11.3 Å². The Labute approximate surface area is 92.7 Å². The lowest BCUT2D eigenvalue weighted by Gasteiger charge is -2.02. The predicted octanol–water partition coefficient (Wildman–Crippen LogP) is 3.91. The standard InChI is InChI=1S/C11H9Cl2N/c12-9-4-3-8(11(13)7-9)6-10-2-1-5-14-10/h1-5,7,14H,6H2. The molecule has 72 valence electrons. The molecule has 0 saturated carbocycles. The minimum atomic E-state index is 0.672. The second kappa shape index (κ2) is 4.07. The van der Waals surface area contributed by atoms with Crippen molar-refractivity contribution in [1.29, 1.82) is 0 Å². The van der Waals surface area contributed by atoms with E-state index in [0.29, 0.717) is 10.0 Å². The third-order valence-electron chi connectivity index (χ3n) is 2.06. The SMILES string of the molecule is Clc1ccc(Cc2ccc[nH]2)c(Cl)c1. The van der Waals surface area contributed by atoms with E-state index in [9.17, 15) is 0 Å². The minimum absolute atomic E-state index is 0.672. The van der Waals surface area contributed by atoms with E-state index >= 15 is 0 Å². The molecular formula is C11H9Cl2N. The van der Waals surface area contributed by atoms with Gasteiger partial charge in [0.2, 0.25) is 0 Å². The van der Waals surface area contributed by atoms with Crippen molar-refractivity contribution < 1.29 is 0 Å². The number of halogens is 2. The third-order valence-corrected chi connectivity index (χ3v) is 2.65. The van der Waals surface area contributed by atoms with Gasteiger partial charge in [-0.05, 0) is 29.8 Å². The smallest absolute Gasteiger partial charge is 0.0456 e. The molecular weight excluding hydrogens is 217 g/mol. The molecule has 0 aliphatic rings. The summed E-state index contributed by atoms with van der Waals surface area (Å²) in [6.07, 6.45) is 2.71. The van der Waals surface area contributed by atoms with Gasteiger partial charge >= 0.3 is 0 Å². The van der Waals surface area contributed by atoms with E-state index in [1.807, 2.05) is 30.5 Å². The fourth-order valence-electron chi connectivity index (χ4n) is 1.35. The van der Waals surface area contributed by atoms with Gasteiger partial charge in [0.1, 0.15) is 0 Å². The molecule has 0 bridgehead atoms. The van der Waals surface area contributed by atoms with Gasteiger partial charge < -0.3 is 4.98 Å². The highest BCUT2D eigenvalue weighted by Crippen LogP contribution is 2.22. The predicted molar refractivity (Wildman–Crippen MR) is 60.1 cm³/mol. The van der Waals surface area contributed by atoms with E-state index in [-0.39, 0.29) is 0 Å². The van der Waals surface area contributed by atoms with Crippen molar-refractivity contribution in [2.24, 2.45) is 0 Å². The largest absolute Gasteiger partial charge is 0.365 e. The molecule has 2 aromatic rings. The molecule has 2 rings (SSSR count). The maximum Gasteiger partial charge on any atom is 0.0456 e. The Morgan fingerprint density at radius 2 is 2.00 bits per heavy atom. The Morgan fingerprint density at radius 1 is 1.14 bits per heavy atom. The Bertz CT molecular complexity index is 421. The highest BCUT2D eigenvalue weighted by Gasteiger charge is 2.02. The van der Waals surface area contributed by atoms with Gasteiger partial charge in [0, 0.05) is 28.4 Å². The van der Waals surface area contributed by atoms with Gasteiger partial charge in [0.25, 0.3) is 0 Å². The number of aromatic amines is 1. The molecule has 1 aromatic heterocycles. The van der Waals surface area contributed by atoms with Gasteiger partial charge in [-0.15, -0.1) is 0 Å². The van der Waals surface area contributed by atoms with Gasteiger partial charge in [-0.3, -0.25) is 0 Å². The average Bonchev–Trinajstić information content (AvgIpc) is 2.62. The quantitative estimate of drug-likeness (QED) is 0.798. The molecule has 0 radical (unpaired) electrons. The number of rotatable bonds is 2. The van der Waals surface area contributed by atoms with E-state index < -0.39 is 0 Å². The van der Waals surface area contributed by atoms with Crippen LogP contribution in [0.25, 0.3) is 0 Å². The summed E-state index contributed by atoms with van der Waals surface area (Å²) in [6, 6.07) is 9.57. The van der Waals surface area contributed by atoms with Crippen LogP contribution < -0.4 is 0 Å². The van der Waals surface area contributed by atoms with E-state index in [0.717, 1.165) is 17.7 Å². The molecule has 0 fully saturated rings. The average molecular weight is 226 g/mol. The van der Waals surface area contributed by atoms with Crippen LogP contribution >= 0.6 is 23.2 Å². The van der Waals surface area contributed by atoms with Crippen molar-refractivity contribution >= 4 is 23.2 Å². The summed E-state index contributed by atoms with van der Waals surface area (Å²) in [5, 5.41) is 1.39. The molecule has 0 amide bonds. The zero-order valence-electron chi connectivity index (χ0n) is 7.43. The first-order chi connectivity index (χ1) is 6.75. The molecule has 14 heavy (non-hydrogen) atoms. The Morgan fingerprint density at radius 3 is 2.64 bits per heavy atom. The van der Waals surface area contributed by atoms with Gasteiger partial charge in [0.05, 0.1) is 0 Å². The Hall–Kier alpha value is -0.920. The van der Waals surface area contributed by atoms with Crippen LogP contribution in [0, 0.1) is 0 Å². The topological polar surface area (TPSA) is 15.8 Å². The molecule has 0 atom stereocenters. The Balaban J connectivity index is 2.25. The molecule has 1 N–H and O–H groups in total. The van der Waals surface area contributed by atoms with Crippen molar-refractivity contribution in [2.45, 2.75) is 6.42 Å². The van der Waals surface area contributed by atoms with Gasteiger partial charge in [-0.1, -0.05) is 29.3 Å². The van der Waals surface area contributed by atoms with E-state index in [1.54, 1.807) is 6.07 Å². The maximum atomic E-state index is 6.05. The number of hydrogen-bond acceptors (Lipinski definition) is 0. The van der Waals surface area contributed by atoms with Crippen molar-refractivity contribution in [3.05, 3.63) is 57.8 Å². The first-order valence-electron chi connectivity index (χ1n) is 4.32. The molecule has 0 unspecified atom stereocenters. The number of aromatic nitrogens is 1. The highest BCUT2D eigenvalue weighted by atomic mass is 35.5. The van der Waals surface area contributed by atoms with Crippen molar-refractivity contribution in [2.75, 3.05) is 0 Å². The number of benzene rings is 1. The van der Waals surface area contributed by atoms with Gasteiger partial charge in [-0.25, -0.2) is 0 Å². The number of nitrogens with one attached hydrogen (secondary N) is 1. The second-order valence-electron chi connectivity index (χ2n) is 3.11. The maximum absolute atomic E-state index is 6.05. The first kappa shape index (κ1) is 9.63. The van der Waals surface area contributed by atoms with Crippen molar-refractivity contribution in [1.82, 2.24) is 4.98 Å². The lowest BCUT2D eigenvalue weighted by Crippen LogP contribution is -1.88. The second-order valence-corrected chi connectivity index (χ2v) is 3.95. The van der Waals surface area contributed by atoms with Crippen LogP contribution in [0.5, 0.6) is 0 Å². The summed E-state index contributed by atoms with van der Waals surface area (Å²) < 4.78 is 0. The van der Waals surface area contributed by atoms with Crippen molar-refractivity contribution in [3.8, 4) is 0 Å². The van der Waals surface area contributed by atoms with Crippen LogP contribution in [0.2, 0.25) is 10.0 Å². The van der Waals surface area contributed by atoms with Crippen molar-refractivity contribution in [3.63, 3.8) is 0 Å². The molecule has 1 aromatic carbocycles. The summed E-state index contributed by atoms with van der Waals surface area (Å²) in [5.41, 5.74) is 2.23. The summed E-state index contributed by atoms with van der Waals surface area (Å²) in [5.74, 6) is 0. The third kappa shape index (κ3) is 2.11. The molecule has 0 aliphatic carbocycles. The zero-order valence-corrected chi connectivity index (χ0v) is 8.94. The number of hydrogen-bond donors (Lipinski definition) is 1. The fraction of sp³-hybridized carbons (Fsp3) is 0.0909. The fourth-order valence-corrected chi connectivity index (χ4v) is 1.82. The van der Waals surface area contributed by atoms with Gasteiger partial charge in [-0.2, -0.15) is 0 Å². The first-order valence-corrected chi connectivity index (χ1v) is 5.07. The molecule has 1 heterocycles. The number of H-pyrrole nitrogens is 1. The zero-order chi connectivity index (χ0) is 9.97. The summed E-state index contributed by atoms with van der Waals surface area (Å²) in [7, 11) is 0. The summed E-state index contributed by atoms with van der Waals surface area (Å²) in [4.78, 5) is 3.14.